The summed E-state index contributed by atoms with van der Waals surface area (Å²) in [6.45, 7) is 0.806. The lowest BCUT2D eigenvalue weighted by Gasteiger charge is -2.12. The monoisotopic (exact) mass is 581 g/mol. The molecule has 0 radical (unpaired) electrons. The normalized spacial score (nSPS) is 11.3. The molecule has 0 spiro atoms. The summed E-state index contributed by atoms with van der Waals surface area (Å²) < 4.78 is 30.3. The van der Waals surface area contributed by atoms with Gasteiger partial charge >= 0.3 is 0 Å². The van der Waals surface area contributed by atoms with Crippen molar-refractivity contribution in [2.75, 3.05) is 24.7 Å². The topological polar surface area (TPSA) is 87.5 Å². The maximum absolute atomic E-state index is 14.2. The Kier molecular flexibility index (Phi) is 7.43. The molecule has 0 aliphatic rings. The Labute approximate surface area is 244 Å². The maximum atomic E-state index is 14.2. The highest BCUT2D eigenvalue weighted by atomic mass is 32.1. The first kappa shape index (κ1) is 27.2. The van der Waals surface area contributed by atoms with Crippen molar-refractivity contribution in [3.05, 3.63) is 113 Å². The average molecular weight is 582 g/mol. The van der Waals surface area contributed by atoms with Crippen LogP contribution in [0.5, 0.6) is 0 Å². The third-order valence-corrected chi connectivity index (χ3v) is 7.18. The molecule has 2 N–H and O–H groups in total. The summed E-state index contributed by atoms with van der Waals surface area (Å²) in [6.07, 6.45) is 3.60. The number of fused-ring (bicyclic) bond motifs is 1. The number of nitrogens with zero attached hydrogens (tertiary/aromatic N) is 5. The summed E-state index contributed by atoms with van der Waals surface area (Å²) in [7, 11) is 4.04. The lowest BCUT2D eigenvalue weighted by Crippen LogP contribution is -2.15. The third-order valence-electron chi connectivity index (χ3n) is 6.43. The molecule has 0 bridgehead atoms. The Morgan fingerprint density at radius 2 is 1.71 bits per heavy atom. The zero-order valence-corrected chi connectivity index (χ0v) is 23.5. The Hall–Kier alpha value is -5.00. The first-order chi connectivity index (χ1) is 20.4. The van der Waals surface area contributed by atoms with E-state index in [-0.39, 0.29) is 0 Å². The highest BCUT2D eigenvalue weighted by Crippen LogP contribution is 2.35. The summed E-state index contributed by atoms with van der Waals surface area (Å²) in [6, 6.07) is 20.1. The van der Waals surface area contributed by atoms with Gasteiger partial charge < -0.3 is 15.5 Å². The minimum Gasteiger partial charge on any atom is -0.324 e. The summed E-state index contributed by atoms with van der Waals surface area (Å²) in [5.74, 6) is -2.32. The highest BCUT2D eigenvalue weighted by molar-refractivity contribution is 7.15. The minimum atomic E-state index is -0.933. The third kappa shape index (κ3) is 5.60. The number of carbonyl (C=O) groups is 1. The van der Waals surface area contributed by atoms with Gasteiger partial charge in [0.05, 0.1) is 11.4 Å². The van der Waals surface area contributed by atoms with Crippen molar-refractivity contribution in [1.82, 2.24) is 24.3 Å². The Bertz CT molecular complexity index is 1900. The van der Waals surface area contributed by atoms with Crippen LogP contribution in [0.15, 0.2) is 90.6 Å². The molecule has 42 heavy (non-hydrogen) atoms. The van der Waals surface area contributed by atoms with Crippen molar-refractivity contribution >= 4 is 39.5 Å². The van der Waals surface area contributed by atoms with E-state index in [1.807, 2.05) is 54.3 Å². The predicted molar refractivity (Wildman–Crippen MR) is 161 cm³/mol. The largest absolute Gasteiger partial charge is 0.324 e. The summed E-state index contributed by atoms with van der Waals surface area (Å²) in [4.78, 5) is 29.6. The number of halogens is 2. The molecule has 6 aromatic rings. The maximum Gasteiger partial charge on any atom is 0.261 e. The lowest BCUT2D eigenvalue weighted by atomic mass is 10.1. The number of imidazole rings is 1. The van der Waals surface area contributed by atoms with Crippen LogP contribution >= 0.6 is 11.3 Å². The van der Waals surface area contributed by atoms with Crippen molar-refractivity contribution in [3.8, 4) is 22.6 Å². The van der Waals surface area contributed by atoms with E-state index in [1.165, 1.54) is 17.4 Å². The molecule has 3 aromatic carbocycles. The molecular weight excluding hydrogens is 556 g/mol. The van der Waals surface area contributed by atoms with Crippen LogP contribution in [0.3, 0.4) is 0 Å². The molecule has 3 aromatic heterocycles. The van der Waals surface area contributed by atoms with E-state index in [4.69, 9.17) is 9.97 Å². The van der Waals surface area contributed by atoms with Gasteiger partial charge in [0, 0.05) is 41.3 Å². The number of aromatic nitrogens is 4. The van der Waals surface area contributed by atoms with Gasteiger partial charge in [0.25, 0.3) is 5.91 Å². The fourth-order valence-corrected chi connectivity index (χ4v) is 5.39. The second kappa shape index (κ2) is 11.5. The molecule has 0 aliphatic heterocycles. The SMILES string of the molecule is CN(C)Cc1cccc(Nc2nccc(-c3c(-c4cccc(NC(=O)c5c(F)cccc5F)c4)nc4sccn34)n2)c1. The first-order valence-corrected chi connectivity index (χ1v) is 13.9. The van der Waals surface area contributed by atoms with Crippen LogP contribution in [0, 0.1) is 11.6 Å². The number of hydrogen-bond acceptors (Lipinski definition) is 7. The molecule has 0 aliphatic carbocycles. The Morgan fingerprint density at radius 1 is 0.952 bits per heavy atom. The molecular formula is C31H25F2N7OS. The van der Waals surface area contributed by atoms with Crippen molar-refractivity contribution in [2.24, 2.45) is 0 Å². The lowest BCUT2D eigenvalue weighted by molar-refractivity contribution is 0.101. The molecule has 0 atom stereocenters. The minimum absolute atomic E-state index is 0.366. The second-order valence-corrected chi connectivity index (χ2v) is 10.7. The smallest absolute Gasteiger partial charge is 0.261 e. The second-order valence-electron chi connectivity index (χ2n) is 9.82. The van der Waals surface area contributed by atoms with Crippen molar-refractivity contribution in [3.63, 3.8) is 0 Å². The number of benzene rings is 3. The van der Waals surface area contributed by atoms with E-state index in [0.717, 1.165) is 40.6 Å². The van der Waals surface area contributed by atoms with E-state index < -0.39 is 23.1 Å². The molecule has 0 fully saturated rings. The van der Waals surface area contributed by atoms with Crippen molar-refractivity contribution < 1.29 is 13.6 Å². The van der Waals surface area contributed by atoms with Gasteiger partial charge in [-0.1, -0.05) is 30.3 Å². The van der Waals surface area contributed by atoms with Crippen LogP contribution in [0.4, 0.5) is 26.1 Å². The van der Waals surface area contributed by atoms with Gasteiger partial charge in [-0.25, -0.2) is 23.7 Å². The van der Waals surface area contributed by atoms with Crippen LogP contribution in [0.25, 0.3) is 27.6 Å². The fraction of sp³-hybridized carbons (Fsp3) is 0.0968. The summed E-state index contributed by atoms with van der Waals surface area (Å²) >= 11 is 1.48. The van der Waals surface area contributed by atoms with Gasteiger partial charge in [0.1, 0.15) is 22.9 Å². The molecule has 0 saturated heterocycles. The number of anilines is 3. The van der Waals surface area contributed by atoms with Crippen LogP contribution in [0.2, 0.25) is 0 Å². The van der Waals surface area contributed by atoms with Crippen molar-refractivity contribution in [2.45, 2.75) is 6.54 Å². The zero-order chi connectivity index (χ0) is 29.2. The first-order valence-electron chi connectivity index (χ1n) is 13.0. The van der Waals surface area contributed by atoms with Gasteiger partial charge in [0.15, 0.2) is 4.96 Å². The van der Waals surface area contributed by atoms with Gasteiger partial charge in [0.2, 0.25) is 5.95 Å². The summed E-state index contributed by atoms with van der Waals surface area (Å²) in [5.41, 5.74) is 4.45. The van der Waals surface area contributed by atoms with Crippen LogP contribution in [-0.4, -0.2) is 44.3 Å². The molecule has 0 unspecified atom stereocenters. The predicted octanol–water partition coefficient (Wildman–Crippen LogP) is 6.86. The molecule has 210 valence electrons. The van der Waals surface area contributed by atoms with E-state index >= 15 is 0 Å². The molecule has 3 heterocycles. The van der Waals surface area contributed by atoms with Crippen LogP contribution < -0.4 is 10.6 Å². The quantitative estimate of drug-likeness (QED) is 0.204. The van der Waals surface area contributed by atoms with Crippen LogP contribution in [-0.2, 0) is 6.54 Å². The molecule has 8 nitrogen and oxygen atoms in total. The Balaban J connectivity index is 1.33. The molecule has 0 saturated carbocycles. The van der Waals surface area contributed by atoms with Gasteiger partial charge in [-0.05, 0) is 62.1 Å². The van der Waals surface area contributed by atoms with Crippen LogP contribution in [0.1, 0.15) is 15.9 Å². The van der Waals surface area contributed by atoms with E-state index in [0.29, 0.717) is 28.6 Å². The number of thiazole rings is 1. The molecule has 1 amide bonds. The van der Waals surface area contributed by atoms with Gasteiger partial charge in [-0.2, -0.15) is 0 Å². The Morgan fingerprint density at radius 3 is 2.52 bits per heavy atom. The molecule has 11 heteroatoms. The average Bonchev–Trinajstić information content (AvgIpc) is 3.55. The van der Waals surface area contributed by atoms with E-state index in [2.05, 4.69) is 32.7 Å². The standard InChI is InChI=1S/C31H25F2N7OS/c1-39(2)18-19-6-3-8-21(16-19)36-30-34-13-12-25(37-30)28-27(38-31-40(28)14-15-42-31)20-7-4-9-22(17-20)35-29(41)26-23(32)10-5-11-24(26)33/h3-17H,18H2,1-2H3,(H,35,41)(H,34,36,37). The number of rotatable bonds is 8. The number of amides is 1. The summed E-state index contributed by atoms with van der Waals surface area (Å²) in [5, 5.41) is 7.84. The van der Waals surface area contributed by atoms with Gasteiger partial charge in [-0.3, -0.25) is 9.20 Å². The fourth-order valence-electron chi connectivity index (χ4n) is 4.68. The van der Waals surface area contributed by atoms with Gasteiger partial charge in [-0.15, -0.1) is 11.3 Å². The number of hydrogen-bond donors (Lipinski definition) is 2. The van der Waals surface area contributed by atoms with E-state index in [9.17, 15) is 13.6 Å². The number of carbonyl (C=O) groups excluding carboxylic acids is 1. The molecule has 6 rings (SSSR count). The van der Waals surface area contributed by atoms with Crippen molar-refractivity contribution in [1.29, 1.82) is 0 Å². The van der Waals surface area contributed by atoms with E-state index in [1.54, 1.807) is 24.4 Å². The number of nitrogens with one attached hydrogen (secondary N) is 2. The highest BCUT2D eigenvalue weighted by Gasteiger charge is 2.21. The zero-order valence-electron chi connectivity index (χ0n) is 22.7.